The maximum Gasteiger partial charge on any atom is 0.191 e. The van der Waals surface area contributed by atoms with Gasteiger partial charge >= 0.3 is 0 Å². The van der Waals surface area contributed by atoms with Gasteiger partial charge in [-0.2, -0.15) is 0 Å². The lowest BCUT2D eigenvalue weighted by Gasteiger charge is -2.28. The van der Waals surface area contributed by atoms with Gasteiger partial charge in [-0.1, -0.05) is 12.3 Å². The molecular formula is C15H22O6. The van der Waals surface area contributed by atoms with Gasteiger partial charge in [-0.25, -0.2) is 0 Å². The quantitative estimate of drug-likeness (QED) is 0.584. The summed E-state index contributed by atoms with van der Waals surface area (Å²) >= 11 is 0. The molecule has 5 unspecified atom stereocenters. The molecule has 0 aromatic heterocycles. The minimum absolute atomic E-state index is 0.232. The molecule has 6 nitrogen and oxygen atoms in total. The second-order valence-electron chi connectivity index (χ2n) is 6.36. The molecule has 6 heteroatoms. The highest BCUT2D eigenvalue weighted by Crippen LogP contribution is 2.41. The molecule has 0 saturated carbocycles. The lowest BCUT2D eigenvalue weighted by atomic mass is 10.1. The molecule has 0 radical (unpaired) electrons. The van der Waals surface area contributed by atoms with E-state index in [0.29, 0.717) is 6.61 Å². The van der Waals surface area contributed by atoms with Crippen LogP contribution in [-0.4, -0.2) is 48.9 Å². The van der Waals surface area contributed by atoms with Crippen molar-refractivity contribution >= 4 is 0 Å². The third-order valence-electron chi connectivity index (χ3n) is 3.73. The Morgan fingerprint density at radius 1 is 1.10 bits per heavy atom. The van der Waals surface area contributed by atoms with Crippen molar-refractivity contribution in [1.29, 1.82) is 0 Å². The highest BCUT2D eigenvalue weighted by atomic mass is 16.8. The molecule has 0 amide bonds. The Morgan fingerprint density at radius 2 is 1.86 bits per heavy atom. The summed E-state index contributed by atoms with van der Waals surface area (Å²) in [5.74, 6) is -1.31. The Kier molecular flexibility index (Phi) is 3.64. The molecule has 0 aromatic carbocycles. The fourth-order valence-electron chi connectivity index (χ4n) is 2.96. The van der Waals surface area contributed by atoms with Gasteiger partial charge in [0.1, 0.15) is 18.5 Å². The van der Waals surface area contributed by atoms with Crippen molar-refractivity contribution in [2.24, 2.45) is 0 Å². The molecule has 3 aliphatic heterocycles. The van der Waals surface area contributed by atoms with Crippen LogP contribution in [0.3, 0.4) is 0 Å². The van der Waals surface area contributed by atoms with Gasteiger partial charge in [0.2, 0.25) is 0 Å². The van der Waals surface area contributed by atoms with Gasteiger partial charge in [0.15, 0.2) is 30.1 Å². The van der Waals surface area contributed by atoms with Crippen LogP contribution < -0.4 is 0 Å². The Labute approximate surface area is 124 Å². The number of ether oxygens (including phenoxy) is 6. The predicted octanol–water partition coefficient (Wildman–Crippen LogP) is 1.70. The van der Waals surface area contributed by atoms with Crippen molar-refractivity contribution in [3.8, 4) is 0 Å². The van der Waals surface area contributed by atoms with E-state index in [9.17, 15) is 0 Å². The summed E-state index contributed by atoms with van der Waals surface area (Å²) in [6.07, 6.45) is -0.290. The van der Waals surface area contributed by atoms with Gasteiger partial charge < -0.3 is 28.4 Å². The Bertz CT molecular complexity index is 453. The SMILES string of the molecule is C=C=COC1C(C2COC(C)(C)O2)OC2OC(C)(C)OC21. The second-order valence-corrected chi connectivity index (χ2v) is 6.36. The summed E-state index contributed by atoms with van der Waals surface area (Å²) in [4.78, 5) is 0. The van der Waals surface area contributed by atoms with E-state index in [2.05, 4.69) is 12.3 Å². The van der Waals surface area contributed by atoms with E-state index in [-0.39, 0.29) is 24.4 Å². The molecule has 3 fully saturated rings. The van der Waals surface area contributed by atoms with Crippen molar-refractivity contribution in [2.45, 2.75) is 70.0 Å². The zero-order valence-electron chi connectivity index (χ0n) is 12.8. The van der Waals surface area contributed by atoms with Crippen LogP contribution in [0.15, 0.2) is 18.6 Å². The first-order chi connectivity index (χ1) is 9.81. The van der Waals surface area contributed by atoms with Crippen molar-refractivity contribution in [3.05, 3.63) is 18.6 Å². The molecule has 3 saturated heterocycles. The molecule has 21 heavy (non-hydrogen) atoms. The van der Waals surface area contributed by atoms with Crippen LogP contribution in [0.4, 0.5) is 0 Å². The second kappa shape index (κ2) is 5.09. The summed E-state index contributed by atoms with van der Waals surface area (Å²) in [5.41, 5.74) is 2.60. The van der Waals surface area contributed by atoms with Crippen molar-refractivity contribution in [2.75, 3.05) is 6.61 Å². The summed E-state index contributed by atoms with van der Waals surface area (Å²) < 4.78 is 34.8. The lowest BCUT2D eigenvalue weighted by molar-refractivity contribution is -0.232. The first-order valence-corrected chi connectivity index (χ1v) is 7.14. The van der Waals surface area contributed by atoms with Crippen LogP contribution in [0.25, 0.3) is 0 Å². The van der Waals surface area contributed by atoms with E-state index in [0.717, 1.165) is 0 Å². The van der Waals surface area contributed by atoms with Gasteiger partial charge in [-0.15, -0.1) is 0 Å². The van der Waals surface area contributed by atoms with E-state index in [1.54, 1.807) is 0 Å². The molecule has 0 aromatic rings. The Hall–Kier alpha value is -0.880. The monoisotopic (exact) mass is 298 g/mol. The van der Waals surface area contributed by atoms with E-state index >= 15 is 0 Å². The molecule has 0 N–H and O–H groups in total. The van der Waals surface area contributed by atoms with E-state index in [4.69, 9.17) is 28.4 Å². The average Bonchev–Trinajstić information content (AvgIpc) is 2.96. The van der Waals surface area contributed by atoms with Crippen LogP contribution >= 0.6 is 0 Å². The highest BCUT2D eigenvalue weighted by molar-refractivity contribution is 4.99. The first-order valence-electron chi connectivity index (χ1n) is 7.14. The normalized spacial score (nSPS) is 43.3. The predicted molar refractivity (Wildman–Crippen MR) is 72.2 cm³/mol. The number of fused-ring (bicyclic) bond motifs is 1. The molecule has 3 aliphatic rings. The van der Waals surface area contributed by atoms with Crippen LogP contribution in [0.1, 0.15) is 27.7 Å². The smallest absolute Gasteiger partial charge is 0.191 e. The summed E-state index contributed by atoms with van der Waals surface area (Å²) in [5, 5.41) is 0. The molecule has 3 heterocycles. The number of hydrogen-bond acceptors (Lipinski definition) is 6. The Morgan fingerprint density at radius 3 is 2.48 bits per heavy atom. The van der Waals surface area contributed by atoms with Crippen molar-refractivity contribution in [1.82, 2.24) is 0 Å². The molecule has 0 spiro atoms. The topological polar surface area (TPSA) is 55.4 Å². The van der Waals surface area contributed by atoms with Gasteiger partial charge in [0, 0.05) is 0 Å². The van der Waals surface area contributed by atoms with E-state index < -0.39 is 17.9 Å². The number of hydrogen-bond donors (Lipinski definition) is 0. The van der Waals surface area contributed by atoms with Gasteiger partial charge in [-0.3, -0.25) is 0 Å². The largest absolute Gasteiger partial charge is 0.484 e. The third kappa shape index (κ3) is 2.88. The molecular weight excluding hydrogens is 276 g/mol. The average molecular weight is 298 g/mol. The van der Waals surface area contributed by atoms with Crippen LogP contribution in [0, 0.1) is 0 Å². The van der Waals surface area contributed by atoms with Crippen LogP contribution in [-0.2, 0) is 28.4 Å². The highest BCUT2D eigenvalue weighted by Gasteiger charge is 2.59. The fraction of sp³-hybridized carbons (Fsp3) is 0.800. The summed E-state index contributed by atoms with van der Waals surface area (Å²) in [6, 6.07) is 0. The standard InChI is InChI=1S/C15H22O6/c1-6-7-16-11-10(9-8-17-14(2,3)19-9)18-13-12(11)20-15(4,5)21-13/h7,9-13H,1,8H2,2-5H3. The molecule has 5 atom stereocenters. The lowest BCUT2D eigenvalue weighted by Crippen LogP contribution is -2.43. The maximum atomic E-state index is 5.96. The number of rotatable bonds is 3. The third-order valence-corrected chi connectivity index (χ3v) is 3.73. The zero-order valence-corrected chi connectivity index (χ0v) is 12.8. The fourth-order valence-corrected chi connectivity index (χ4v) is 2.96. The maximum absolute atomic E-state index is 5.96. The Balaban J connectivity index is 1.76. The van der Waals surface area contributed by atoms with Gasteiger partial charge in [-0.05, 0) is 27.7 Å². The molecule has 0 aliphatic carbocycles. The van der Waals surface area contributed by atoms with Crippen LogP contribution in [0.5, 0.6) is 0 Å². The summed E-state index contributed by atoms with van der Waals surface area (Å²) in [6.45, 7) is 11.4. The van der Waals surface area contributed by atoms with E-state index in [1.165, 1.54) is 6.26 Å². The van der Waals surface area contributed by atoms with Gasteiger partial charge in [0.05, 0.1) is 6.61 Å². The minimum atomic E-state index is -0.688. The van der Waals surface area contributed by atoms with Crippen molar-refractivity contribution in [3.63, 3.8) is 0 Å². The van der Waals surface area contributed by atoms with E-state index in [1.807, 2.05) is 27.7 Å². The first kappa shape index (κ1) is 15.0. The van der Waals surface area contributed by atoms with Crippen LogP contribution in [0.2, 0.25) is 0 Å². The van der Waals surface area contributed by atoms with Crippen molar-refractivity contribution < 1.29 is 28.4 Å². The minimum Gasteiger partial charge on any atom is -0.484 e. The van der Waals surface area contributed by atoms with Gasteiger partial charge in [0.25, 0.3) is 0 Å². The zero-order chi connectivity index (χ0) is 15.3. The summed E-state index contributed by atoms with van der Waals surface area (Å²) in [7, 11) is 0. The molecule has 0 bridgehead atoms. The molecule has 3 rings (SSSR count). The molecule has 118 valence electrons.